The zero-order valence-electron chi connectivity index (χ0n) is 6.59. The molecule has 1 heteroatoms. The minimum atomic E-state index is 0.943. The van der Waals surface area contributed by atoms with Crippen LogP contribution in [0.25, 0.3) is 0 Å². The average Bonchev–Trinajstić information content (AvgIpc) is 2.74. The fourth-order valence-electron chi connectivity index (χ4n) is 2.18. The van der Waals surface area contributed by atoms with Crippen molar-refractivity contribution in [3.05, 3.63) is 29.3 Å². The lowest BCUT2D eigenvalue weighted by molar-refractivity contribution is 0.901. The first-order valence-corrected chi connectivity index (χ1v) is 4.22. The van der Waals surface area contributed by atoms with Gasteiger partial charge in [0, 0.05) is 12.7 Å². The highest BCUT2D eigenvalue weighted by Crippen LogP contribution is 2.65. The Labute approximate surface area is 66.4 Å². The molecule has 3 rings (SSSR count). The summed E-state index contributed by atoms with van der Waals surface area (Å²) in [6.07, 6.45) is 1.42. The number of nitrogens with one attached hydrogen (secondary N) is 1. The highest BCUT2D eigenvalue weighted by Gasteiger charge is 2.50. The first-order chi connectivity index (χ1) is 5.40. The van der Waals surface area contributed by atoms with Gasteiger partial charge < -0.3 is 5.32 Å². The van der Waals surface area contributed by atoms with Gasteiger partial charge in [-0.05, 0) is 41.5 Å². The summed E-state index contributed by atoms with van der Waals surface area (Å²) in [6, 6.07) is 6.74. The van der Waals surface area contributed by atoms with E-state index < -0.39 is 0 Å². The van der Waals surface area contributed by atoms with Crippen molar-refractivity contribution in [2.45, 2.75) is 18.3 Å². The molecular weight excluding hydrogens is 134 g/mol. The Morgan fingerprint density at radius 1 is 1.27 bits per heavy atom. The van der Waals surface area contributed by atoms with Crippen molar-refractivity contribution in [1.29, 1.82) is 0 Å². The van der Waals surface area contributed by atoms with E-state index in [1.165, 1.54) is 12.1 Å². The Bertz CT molecular complexity index is 317. The van der Waals surface area contributed by atoms with E-state index >= 15 is 0 Å². The summed E-state index contributed by atoms with van der Waals surface area (Å²) in [5, 5.41) is 3.17. The summed E-state index contributed by atoms with van der Waals surface area (Å²) in [5.74, 6) is 1.90. The van der Waals surface area contributed by atoms with Crippen molar-refractivity contribution in [1.82, 2.24) is 0 Å². The first-order valence-electron chi connectivity index (χ1n) is 4.22. The van der Waals surface area contributed by atoms with Crippen LogP contribution >= 0.6 is 0 Å². The Kier molecular flexibility index (Phi) is 0.823. The highest BCUT2D eigenvalue weighted by atomic mass is 14.8. The predicted molar refractivity (Wildman–Crippen MR) is 46.1 cm³/mol. The van der Waals surface area contributed by atoms with Gasteiger partial charge in [-0.25, -0.2) is 0 Å². The maximum absolute atomic E-state index is 3.17. The number of hydrogen-bond acceptors (Lipinski definition) is 1. The lowest BCUT2D eigenvalue weighted by Crippen LogP contribution is -2.02. The van der Waals surface area contributed by atoms with Crippen LogP contribution in [0.15, 0.2) is 18.2 Å². The van der Waals surface area contributed by atoms with Gasteiger partial charge >= 0.3 is 0 Å². The van der Waals surface area contributed by atoms with Crippen LogP contribution in [0.3, 0.4) is 0 Å². The van der Waals surface area contributed by atoms with Crippen LogP contribution in [-0.2, 0) is 0 Å². The third kappa shape index (κ3) is 0.566. The van der Waals surface area contributed by atoms with E-state index in [0.29, 0.717) is 0 Å². The Morgan fingerprint density at radius 3 is 2.91 bits per heavy atom. The van der Waals surface area contributed by atoms with Crippen LogP contribution in [0.5, 0.6) is 0 Å². The number of benzene rings is 1. The molecule has 0 amide bonds. The summed E-state index contributed by atoms with van der Waals surface area (Å²) in [7, 11) is 1.98. The molecule has 11 heavy (non-hydrogen) atoms. The molecule has 2 aliphatic carbocycles. The number of rotatable bonds is 1. The molecule has 1 nitrogen and oxygen atoms in total. The minimum absolute atomic E-state index is 0.943. The second-order valence-electron chi connectivity index (χ2n) is 3.54. The van der Waals surface area contributed by atoms with Crippen molar-refractivity contribution in [2.24, 2.45) is 0 Å². The topological polar surface area (TPSA) is 12.0 Å². The molecule has 1 aromatic rings. The van der Waals surface area contributed by atoms with E-state index in [2.05, 4.69) is 23.5 Å². The van der Waals surface area contributed by atoms with Gasteiger partial charge in [0.25, 0.3) is 0 Å². The van der Waals surface area contributed by atoms with E-state index in [4.69, 9.17) is 0 Å². The van der Waals surface area contributed by atoms with Gasteiger partial charge in [0.1, 0.15) is 0 Å². The van der Waals surface area contributed by atoms with Gasteiger partial charge in [-0.3, -0.25) is 0 Å². The quantitative estimate of drug-likeness (QED) is 0.639. The van der Waals surface area contributed by atoms with Gasteiger partial charge in [-0.2, -0.15) is 0 Å². The molecule has 1 N–H and O–H groups in total. The first kappa shape index (κ1) is 5.64. The van der Waals surface area contributed by atoms with Gasteiger partial charge in [-0.15, -0.1) is 0 Å². The molecule has 0 aliphatic heterocycles. The number of anilines is 1. The molecular formula is C10H11N. The third-order valence-electron chi connectivity index (χ3n) is 2.96. The Morgan fingerprint density at radius 2 is 2.09 bits per heavy atom. The smallest absolute Gasteiger partial charge is 0.0340 e. The normalized spacial score (nSPS) is 29.9. The molecule has 2 atom stereocenters. The summed E-state index contributed by atoms with van der Waals surface area (Å²) in [4.78, 5) is 0. The van der Waals surface area contributed by atoms with E-state index in [9.17, 15) is 0 Å². The molecule has 0 radical (unpaired) electrons. The van der Waals surface area contributed by atoms with Gasteiger partial charge in [0.15, 0.2) is 0 Å². The summed E-state index contributed by atoms with van der Waals surface area (Å²) >= 11 is 0. The zero-order chi connectivity index (χ0) is 7.42. The maximum Gasteiger partial charge on any atom is 0.0340 e. The minimum Gasteiger partial charge on any atom is -0.388 e. The van der Waals surface area contributed by atoms with E-state index in [1.54, 1.807) is 11.1 Å². The summed E-state index contributed by atoms with van der Waals surface area (Å²) in [6.45, 7) is 0. The average molecular weight is 145 g/mol. The Hall–Kier alpha value is -0.980. The van der Waals surface area contributed by atoms with Crippen molar-refractivity contribution in [3.63, 3.8) is 0 Å². The van der Waals surface area contributed by atoms with Crippen LogP contribution in [-0.4, -0.2) is 7.05 Å². The maximum atomic E-state index is 3.17. The summed E-state index contributed by atoms with van der Waals surface area (Å²) in [5.41, 5.74) is 4.46. The van der Waals surface area contributed by atoms with E-state index in [1.807, 2.05) is 7.05 Å². The van der Waals surface area contributed by atoms with Gasteiger partial charge in [-0.1, -0.05) is 6.07 Å². The van der Waals surface area contributed by atoms with Crippen molar-refractivity contribution in [2.75, 3.05) is 12.4 Å². The molecule has 2 unspecified atom stereocenters. The summed E-state index contributed by atoms with van der Waals surface area (Å²) < 4.78 is 0. The largest absolute Gasteiger partial charge is 0.388 e. The fraction of sp³-hybridized carbons (Fsp3) is 0.400. The second-order valence-corrected chi connectivity index (χ2v) is 3.54. The van der Waals surface area contributed by atoms with Gasteiger partial charge in [0.2, 0.25) is 0 Å². The molecule has 0 bridgehead atoms. The van der Waals surface area contributed by atoms with Crippen LogP contribution < -0.4 is 5.32 Å². The molecule has 0 aromatic heterocycles. The Balaban J connectivity index is 2.12. The molecule has 0 heterocycles. The van der Waals surface area contributed by atoms with Crippen LogP contribution in [0.1, 0.15) is 29.4 Å². The van der Waals surface area contributed by atoms with Crippen molar-refractivity contribution >= 4 is 5.69 Å². The fourth-order valence-corrected chi connectivity index (χ4v) is 2.18. The van der Waals surface area contributed by atoms with Crippen molar-refractivity contribution in [3.8, 4) is 0 Å². The zero-order valence-corrected chi connectivity index (χ0v) is 6.59. The van der Waals surface area contributed by atoms with Gasteiger partial charge in [0.05, 0.1) is 0 Å². The second kappa shape index (κ2) is 1.60. The van der Waals surface area contributed by atoms with E-state index in [-0.39, 0.29) is 0 Å². The molecule has 0 spiro atoms. The molecule has 1 saturated carbocycles. The lowest BCUT2D eigenvalue weighted by Gasteiger charge is -2.18. The van der Waals surface area contributed by atoms with Crippen molar-refractivity contribution < 1.29 is 0 Å². The highest BCUT2D eigenvalue weighted by molar-refractivity contribution is 5.60. The molecule has 1 aromatic carbocycles. The molecule has 56 valence electrons. The molecule has 2 aliphatic rings. The predicted octanol–water partition coefficient (Wildman–Crippen LogP) is 2.31. The SMILES string of the molecule is CNc1ccc2c(c1)C1CC21. The van der Waals surface area contributed by atoms with Crippen LogP contribution in [0, 0.1) is 0 Å². The molecule has 0 saturated heterocycles. The number of hydrogen-bond donors (Lipinski definition) is 1. The third-order valence-corrected chi connectivity index (χ3v) is 2.96. The van der Waals surface area contributed by atoms with Crippen LogP contribution in [0.2, 0.25) is 0 Å². The standard InChI is InChI=1S/C10H11N/c1-11-6-2-3-7-8(4-6)10-5-9(7)10/h2-4,9-11H,5H2,1H3. The van der Waals surface area contributed by atoms with Crippen LogP contribution in [0.4, 0.5) is 5.69 Å². The monoisotopic (exact) mass is 145 g/mol. The lowest BCUT2D eigenvalue weighted by atomic mass is 9.88. The van der Waals surface area contributed by atoms with E-state index in [0.717, 1.165) is 11.8 Å². The number of fused-ring (bicyclic) bond motifs is 4. The molecule has 1 fully saturated rings.